The third-order valence-electron chi connectivity index (χ3n) is 2.97. The molecule has 0 saturated carbocycles. The summed E-state index contributed by atoms with van der Waals surface area (Å²) >= 11 is 0. The van der Waals surface area contributed by atoms with Crippen molar-refractivity contribution in [1.29, 1.82) is 0 Å². The predicted octanol–water partition coefficient (Wildman–Crippen LogP) is 0.223. The van der Waals surface area contributed by atoms with Crippen molar-refractivity contribution in [3.8, 4) is 0 Å². The lowest BCUT2D eigenvalue weighted by Gasteiger charge is -2.43. The van der Waals surface area contributed by atoms with Crippen molar-refractivity contribution < 1.29 is 0 Å². The molecule has 0 spiro atoms. The van der Waals surface area contributed by atoms with Gasteiger partial charge in [0.05, 0.1) is 5.66 Å². The molecule has 1 aliphatic rings. The van der Waals surface area contributed by atoms with Crippen molar-refractivity contribution in [3.05, 3.63) is 0 Å². The van der Waals surface area contributed by atoms with E-state index in [4.69, 9.17) is 5.73 Å². The number of rotatable bonds is 2. The molecule has 0 aromatic carbocycles. The zero-order valence-corrected chi connectivity index (χ0v) is 8.43. The predicted molar refractivity (Wildman–Crippen MR) is 51.9 cm³/mol. The Kier molecular flexibility index (Phi) is 3.09. The smallest absolute Gasteiger partial charge is 0.0682 e. The molecule has 1 unspecified atom stereocenters. The Morgan fingerprint density at radius 2 is 1.83 bits per heavy atom. The van der Waals surface area contributed by atoms with Crippen LogP contribution in [0.1, 0.15) is 20.8 Å². The third-order valence-corrected chi connectivity index (χ3v) is 2.97. The van der Waals surface area contributed by atoms with Gasteiger partial charge in [-0.05, 0) is 12.8 Å². The first-order valence-corrected chi connectivity index (χ1v) is 4.80. The molecule has 0 aromatic heterocycles. The van der Waals surface area contributed by atoms with Gasteiger partial charge in [0.2, 0.25) is 0 Å². The highest BCUT2D eigenvalue weighted by atomic mass is 15.3. The molecule has 1 rings (SSSR count). The van der Waals surface area contributed by atoms with Gasteiger partial charge in [-0.15, -0.1) is 0 Å². The molecule has 0 aliphatic carbocycles. The van der Waals surface area contributed by atoms with Gasteiger partial charge in [-0.2, -0.15) is 0 Å². The van der Waals surface area contributed by atoms with E-state index in [-0.39, 0.29) is 5.66 Å². The second-order valence-electron chi connectivity index (χ2n) is 4.12. The van der Waals surface area contributed by atoms with Crippen LogP contribution in [-0.4, -0.2) is 36.7 Å². The Labute approximate surface area is 75.3 Å². The Hall–Kier alpha value is -0.120. The van der Waals surface area contributed by atoms with E-state index in [0.717, 1.165) is 26.2 Å². The van der Waals surface area contributed by atoms with Crippen LogP contribution in [0.5, 0.6) is 0 Å². The summed E-state index contributed by atoms with van der Waals surface area (Å²) in [7, 11) is 0. The van der Waals surface area contributed by atoms with Gasteiger partial charge in [0.1, 0.15) is 0 Å². The normalized spacial score (nSPS) is 25.8. The molecule has 1 aliphatic heterocycles. The summed E-state index contributed by atoms with van der Waals surface area (Å²) in [6.45, 7) is 10.8. The van der Waals surface area contributed by atoms with E-state index in [9.17, 15) is 0 Å². The van der Waals surface area contributed by atoms with Crippen LogP contribution in [0, 0.1) is 5.92 Å². The van der Waals surface area contributed by atoms with E-state index in [1.54, 1.807) is 0 Å². The largest absolute Gasteiger partial charge is 0.314 e. The Balaban J connectivity index is 2.53. The van der Waals surface area contributed by atoms with E-state index >= 15 is 0 Å². The first-order chi connectivity index (χ1) is 5.55. The van der Waals surface area contributed by atoms with Crippen molar-refractivity contribution in [2.45, 2.75) is 26.4 Å². The van der Waals surface area contributed by atoms with E-state index in [1.165, 1.54) is 0 Å². The minimum atomic E-state index is -0.137. The Bertz CT molecular complexity index is 137. The molecule has 0 amide bonds. The van der Waals surface area contributed by atoms with Crippen LogP contribution in [0.3, 0.4) is 0 Å². The van der Waals surface area contributed by atoms with E-state index in [1.807, 2.05) is 0 Å². The maximum atomic E-state index is 6.23. The molecule has 1 saturated heterocycles. The zero-order valence-electron chi connectivity index (χ0n) is 8.43. The minimum Gasteiger partial charge on any atom is -0.314 e. The molecule has 1 heterocycles. The lowest BCUT2D eigenvalue weighted by atomic mass is 9.96. The quantitative estimate of drug-likeness (QED) is 0.624. The lowest BCUT2D eigenvalue weighted by molar-refractivity contribution is 0.0537. The highest BCUT2D eigenvalue weighted by Gasteiger charge is 2.31. The van der Waals surface area contributed by atoms with Crippen molar-refractivity contribution in [2.24, 2.45) is 11.7 Å². The topological polar surface area (TPSA) is 41.3 Å². The Morgan fingerprint density at radius 1 is 1.33 bits per heavy atom. The average Bonchev–Trinajstić information content (AvgIpc) is 2.06. The van der Waals surface area contributed by atoms with Crippen LogP contribution in [0.4, 0.5) is 0 Å². The molecule has 3 heteroatoms. The lowest BCUT2D eigenvalue weighted by Crippen LogP contribution is -2.62. The highest BCUT2D eigenvalue weighted by molar-refractivity contribution is 4.85. The fourth-order valence-corrected chi connectivity index (χ4v) is 1.51. The van der Waals surface area contributed by atoms with Crippen LogP contribution in [0.25, 0.3) is 0 Å². The monoisotopic (exact) mass is 171 g/mol. The van der Waals surface area contributed by atoms with Gasteiger partial charge >= 0.3 is 0 Å². The van der Waals surface area contributed by atoms with Gasteiger partial charge in [0, 0.05) is 26.2 Å². The van der Waals surface area contributed by atoms with Gasteiger partial charge in [-0.1, -0.05) is 13.8 Å². The Morgan fingerprint density at radius 3 is 2.25 bits per heavy atom. The average molecular weight is 171 g/mol. The summed E-state index contributed by atoms with van der Waals surface area (Å²) in [5.74, 6) is 0.510. The number of nitrogens with one attached hydrogen (secondary N) is 1. The van der Waals surface area contributed by atoms with Crippen molar-refractivity contribution in [2.75, 3.05) is 26.2 Å². The maximum absolute atomic E-state index is 6.23. The number of hydrogen-bond donors (Lipinski definition) is 2. The highest BCUT2D eigenvalue weighted by Crippen LogP contribution is 2.18. The summed E-state index contributed by atoms with van der Waals surface area (Å²) in [4.78, 5) is 2.37. The van der Waals surface area contributed by atoms with Crippen LogP contribution in [0.2, 0.25) is 0 Å². The first-order valence-electron chi connectivity index (χ1n) is 4.80. The van der Waals surface area contributed by atoms with E-state index < -0.39 is 0 Å². The summed E-state index contributed by atoms with van der Waals surface area (Å²) in [6, 6.07) is 0. The fraction of sp³-hybridized carbons (Fsp3) is 1.00. The number of nitrogens with two attached hydrogens (primary N) is 1. The molecule has 0 radical (unpaired) electrons. The van der Waals surface area contributed by atoms with Crippen molar-refractivity contribution in [3.63, 3.8) is 0 Å². The number of hydrogen-bond acceptors (Lipinski definition) is 3. The molecule has 72 valence electrons. The molecular weight excluding hydrogens is 150 g/mol. The molecule has 3 nitrogen and oxygen atoms in total. The number of nitrogens with zero attached hydrogens (tertiary/aromatic N) is 1. The molecule has 0 bridgehead atoms. The second kappa shape index (κ2) is 3.73. The van der Waals surface area contributed by atoms with E-state index in [2.05, 4.69) is 31.0 Å². The van der Waals surface area contributed by atoms with Gasteiger partial charge in [0.25, 0.3) is 0 Å². The van der Waals surface area contributed by atoms with Gasteiger partial charge in [-0.3, -0.25) is 4.90 Å². The van der Waals surface area contributed by atoms with Crippen molar-refractivity contribution >= 4 is 0 Å². The summed E-state index contributed by atoms with van der Waals surface area (Å²) in [6.07, 6.45) is 0. The molecule has 3 N–H and O–H groups in total. The molecule has 12 heavy (non-hydrogen) atoms. The molecule has 0 aromatic rings. The molecular formula is C9H21N3. The fourth-order valence-electron chi connectivity index (χ4n) is 1.51. The van der Waals surface area contributed by atoms with Gasteiger partial charge < -0.3 is 11.1 Å². The molecule has 1 atom stereocenters. The third kappa shape index (κ3) is 1.97. The number of piperazine rings is 1. The second-order valence-corrected chi connectivity index (χ2v) is 4.12. The van der Waals surface area contributed by atoms with Crippen LogP contribution < -0.4 is 11.1 Å². The van der Waals surface area contributed by atoms with Crippen molar-refractivity contribution in [1.82, 2.24) is 10.2 Å². The minimum absolute atomic E-state index is 0.137. The zero-order chi connectivity index (χ0) is 9.19. The van der Waals surface area contributed by atoms with Gasteiger partial charge in [0.15, 0.2) is 0 Å². The van der Waals surface area contributed by atoms with Crippen LogP contribution in [0.15, 0.2) is 0 Å². The summed E-state index contributed by atoms with van der Waals surface area (Å²) in [5, 5.41) is 3.33. The maximum Gasteiger partial charge on any atom is 0.0682 e. The summed E-state index contributed by atoms with van der Waals surface area (Å²) in [5.41, 5.74) is 6.10. The van der Waals surface area contributed by atoms with Gasteiger partial charge in [-0.25, -0.2) is 0 Å². The SMILES string of the molecule is CC(C)C(C)(N)N1CCNCC1. The van der Waals surface area contributed by atoms with Crippen LogP contribution in [-0.2, 0) is 0 Å². The summed E-state index contributed by atoms with van der Waals surface area (Å²) < 4.78 is 0. The standard InChI is InChI=1S/C9H21N3/c1-8(2)9(3,10)12-6-4-11-5-7-12/h8,11H,4-7,10H2,1-3H3. The van der Waals surface area contributed by atoms with E-state index in [0.29, 0.717) is 5.92 Å². The van der Waals surface area contributed by atoms with Crippen LogP contribution >= 0.6 is 0 Å². The molecule has 1 fully saturated rings. The first kappa shape index (κ1) is 9.96.